The molecule has 0 aromatic carbocycles. The van der Waals surface area contributed by atoms with Crippen LogP contribution in [0.25, 0.3) is 5.69 Å². The Labute approximate surface area is 79.6 Å². The van der Waals surface area contributed by atoms with Gasteiger partial charge in [-0.25, -0.2) is 9.67 Å². The molecule has 14 heavy (non-hydrogen) atoms. The Morgan fingerprint density at radius 3 is 3.00 bits per heavy atom. The van der Waals surface area contributed by atoms with Crippen molar-refractivity contribution < 1.29 is 0 Å². The van der Waals surface area contributed by atoms with Gasteiger partial charge in [0.2, 0.25) is 5.95 Å². The highest BCUT2D eigenvalue weighted by molar-refractivity contribution is 5.46. The summed E-state index contributed by atoms with van der Waals surface area (Å²) in [7, 11) is 0. The molecule has 0 unspecified atom stereocenters. The molecule has 0 atom stereocenters. The summed E-state index contributed by atoms with van der Waals surface area (Å²) in [4.78, 5) is 7.60. The van der Waals surface area contributed by atoms with Gasteiger partial charge in [0.1, 0.15) is 12.4 Å². The van der Waals surface area contributed by atoms with Crippen LogP contribution in [0.15, 0.2) is 24.8 Å². The van der Waals surface area contributed by atoms with E-state index in [0.29, 0.717) is 11.3 Å². The van der Waals surface area contributed by atoms with Crippen LogP contribution in [0.3, 0.4) is 0 Å². The van der Waals surface area contributed by atoms with Crippen molar-refractivity contribution in [2.24, 2.45) is 0 Å². The van der Waals surface area contributed by atoms with Crippen molar-refractivity contribution >= 4 is 5.95 Å². The van der Waals surface area contributed by atoms with Crippen molar-refractivity contribution in [3.05, 3.63) is 30.4 Å². The zero-order valence-corrected chi connectivity index (χ0v) is 7.12. The SMILES string of the molecule is N#Cc1cnccc1-n1cnc(N)n1. The summed E-state index contributed by atoms with van der Waals surface area (Å²) in [5, 5.41) is 12.7. The van der Waals surface area contributed by atoms with Crippen molar-refractivity contribution in [1.29, 1.82) is 5.26 Å². The van der Waals surface area contributed by atoms with Crippen LogP contribution in [0, 0.1) is 11.3 Å². The lowest BCUT2D eigenvalue weighted by molar-refractivity contribution is 0.877. The third-order valence-corrected chi connectivity index (χ3v) is 1.67. The Bertz CT molecular complexity index is 495. The third-order valence-electron chi connectivity index (χ3n) is 1.67. The van der Waals surface area contributed by atoms with E-state index in [1.54, 1.807) is 12.3 Å². The Morgan fingerprint density at radius 1 is 1.50 bits per heavy atom. The number of aromatic nitrogens is 4. The average molecular weight is 186 g/mol. The van der Waals surface area contributed by atoms with Crippen LogP contribution in [-0.4, -0.2) is 19.7 Å². The van der Waals surface area contributed by atoms with Gasteiger partial charge in [0, 0.05) is 12.4 Å². The second-order valence-corrected chi connectivity index (χ2v) is 2.55. The number of hydrogen-bond acceptors (Lipinski definition) is 5. The Balaban J connectivity index is 2.57. The zero-order valence-electron chi connectivity index (χ0n) is 7.12. The minimum Gasteiger partial charge on any atom is -0.366 e. The molecule has 2 heterocycles. The topological polar surface area (TPSA) is 93.4 Å². The van der Waals surface area contributed by atoms with Crippen molar-refractivity contribution in [3.63, 3.8) is 0 Å². The molecule has 0 saturated heterocycles. The van der Waals surface area contributed by atoms with Crippen LogP contribution in [0.1, 0.15) is 5.56 Å². The molecule has 6 heteroatoms. The first kappa shape index (κ1) is 8.19. The van der Waals surface area contributed by atoms with E-state index in [2.05, 4.69) is 15.1 Å². The minimum atomic E-state index is 0.172. The largest absolute Gasteiger partial charge is 0.366 e. The second-order valence-electron chi connectivity index (χ2n) is 2.55. The molecule has 0 amide bonds. The van der Waals surface area contributed by atoms with Crippen molar-refractivity contribution in [2.45, 2.75) is 0 Å². The van der Waals surface area contributed by atoms with Gasteiger partial charge < -0.3 is 5.73 Å². The third kappa shape index (κ3) is 1.27. The zero-order chi connectivity index (χ0) is 9.97. The molecular formula is C8H6N6. The summed E-state index contributed by atoms with van der Waals surface area (Å²) in [5.74, 6) is 0.172. The van der Waals surface area contributed by atoms with Crippen LogP contribution < -0.4 is 5.73 Å². The second kappa shape index (κ2) is 3.14. The molecule has 0 aliphatic heterocycles. The molecule has 2 rings (SSSR count). The van der Waals surface area contributed by atoms with Gasteiger partial charge in [-0.05, 0) is 6.07 Å². The van der Waals surface area contributed by atoms with Gasteiger partial charge in [-0.3, -0.25) is 4.98 Å². The lowest BCUT2D eigenvalue weighted by Gasteiger charge is -2.00. The molecule has 68 valence electrons. The first-order valence-electron chi connectivity index (χ1n) is 3.83. The molecule has 2 aromatic rings. The first-order chi connectivity index (χ1) is 6.81. The summed E-state index contributed by atoms with van der Waals surface area (Å²) in [6.45, 7) is 0. The average Bonchev–Trinajstić information content (AvgIpc) is 2.65. The summed E-state index contributed by atoms with van der Waals surface area (Å²) in [6.07, 6.45) is 4.49. The summed E-state index contributed by atoms with van der Waals surface area (Å²) < 4.78 is 1.44. The summed E-state index contributed by atoms with van der Waals surface area (Å²) in [6, 6.07) is 3.68. The van der Waals surface area contributed by atoms with E-state index in [0.717, 1.165) is 0 Å². The van der Waals surface area contributed by atoms with Gasteiger partial charge in [-0.2, -0.15) is 5.26 Å². The fourth-order valence-corrected chi connectivity index (χ4v) is 1.06. The van der Waals surface area contributed by atoms with Gasteiger partial charge in [0.15, 0.2) is 0 Å². The Kier molecular flexibility index (Phi) is 1.84. The van der Waals surface area contributed by atoms with Crippen molar-refractivity contribution in [2.75, 3.05) is 5.73 Å². The maximum atomic E-state index is 8.80. The molecule has 0 saturated carbocycles. The van der Waals surface area contributed by atoms with Gasteiger partial charge >= 0.3 is 0 Å². The van der Waals surface area contributed by atoms with Gasteiger partial charge in [0.05, 0.1) is 11.3 Å². The lowest BCUT2D eigenvalue weighted by Crippen LogP contribution is -1.99. The smallest absolute Gasteiger partial charge is 0.239 e. The fraction of sp³-hybridized carbons (Fsp3) is 0. The quantitative estimate of drug-likeness (QED) is 0.682. The van der Waals surface area contributed by atoms with Crippen LogP contribution >= 0.6 is 0 Å². The first-order valence-corrected chi connectivity index (χ1v) is 3.83. The van der Waals surface area contributed by atoms with Crippen LogP contribution in [0.2, 0.25) is 0 Å². The van der Waals surface area contributed by atoms with E-state index < -0.39 is 0 Å². The van der Waals surface area contributed by atoms with E-state index >= 15 is 0 Å². The number of nitrogen functional groups attached to an aromatic ring is 1. The number of nitrogens with zero attached hydrogens (tertiary/aromatic N) is 5. The van der Waals surface area contributed by atoms with Crippen molar-refractivity contribution in [1.82, 2.24) is 19.7 Å². The predicted molar refractivity (Wildman–Crippen MR) is 48.3 cm³/mol. The van der Waals surface area contributed by atoms with Crippen molar-refractivity contribution in [3.8, 4) is 11.8 Å². The molecule has 0 fully saturated rings. The standard InChI is InChI=1S/C8H6N6/c9-3-6-4-11-2-1-7(6)14-5-12-8(10)13-14/h1-2,4-5H,(H2,10,13). The Hall–Kier alpha value is -2.42. The monoisotopic (exact) mass is 186 g/mol. The van der Waals surface area contributed by atoms with E-state index in [1.165, 1.54) is 17.2 Å². The molecule has 0 aliphatic rings. The molecule has 6 nitrogen and oxygen atoms in total. The summed E-state index contributed by atoms with van der Waals surface area (Å²) >= 11 is 0. The molecular weight excluding hydrogens is 180 g/mol. The fourth-order valence-electron chi connectivity index (χ4n) is 1.06. The maximum absolute atomic E-state index is 8.80. The van der Waals surface area contributed by atoms with E-state index in [4.69, 9.17) is 11.0 Å². The minimum absolute atomic E-state index is 0.172. The van der Waals surface area contributed by atoms with E-state index in [-0.39, 0.29) is 5.95 Å². The molecule has 2 N–H and O–H groups in total. The number of nitrogens with two attached hydrogens (primary N) is 1. The summed E-state index contributed by atoms with van der Waals surface area (Å²) in [5.41, 5.74) is 6.41. The highest BCUT2D eigenvalue weighted by Crippen LogP contribution is 2.10. The van der Waals surface area contributed by atoms with Crippen LogP contribution in [0.4, 0.5) is 5.95 Å². The highest BCUT2D eigenvalue weighted by atomic mass is 15.4. The van der Waals surface area contributed by atoms with E-state index in [9.17, 15) is 0 Å². The number of anilines is 1. The maximum Gasteiger partial charge on any atom is 0.239 e. The van der Waals surface area contributed by atoms with Gasteiger partial charge in [0.25, 0.3) is 0 Å². The Morgan fingerprint density at radius 2 is 2.36 bits per heavy atom. The molecule has 2 aromatic heterocycles. The lowest BCUT2D eigenvalue weighted by atomic mass is 10.2. The van der Waals surface area contributed by atoms with Crippen LogP contribution in [0.5, 0.6) is 0 Å². The molecule has 0 radical (unpaired) electrons. The number of pyridine rings is 1. The number of nitriles is 1. The van der Waals surface area contributed by atoms with Crippen LogP contribution in [-0.2, 0) is 0 Å². The predicted octanol–water partition coefficient (Wildman–Crippen LogP) is 0.116. The molecule has 0 spiro atoms. The normalized spacial score (nSPS) is 9.64. The van der Waals surface area contributed by atoms with Gasteiger partial charge in [-0.1, -0.05) is 0 Å². The van der Waals surface area contributed by atoms with Gasteiger partial charge in [-0.15, -0.1) is 5.10 Å². The number of hydrogen-bond donors (Lipinski definition) is 1. The molecule has 0 bridgehead atoms. The molecule has 0 aliphatic carbocycles. The number of rotatable bonds is 1. The highest BCUT2D eigenvalue weighted by Gasteiger charge is 2.05. The van der Waals surface area contributed by atoms with E-state index in [1.807, 2.05) is 6.07 Å².